The lowest BCUT2D eigenvalue weighted by Crippen LogP contribution is -2.45. The minimum atomic E-state index is -2.12. The lowest BCUT2D eigenvalue weighted by Gasteiger charge is -2.34. The molecule has 0 aromatic heterocycles. The lowest BCUT2D eigenvalue weighted by molar-refractivity contribution is -0.00662. The number of allylic oxidation sites excluding steroid dienone is 4. The SMILES string of the molecule is CC(C)=CCc1cc2c(c(CC=C(C)C)c1O)OC[C@](O)(c1ccc(O)cc1O)C2=O. The van der Waals surface area contributed by atoms with Crippen molar-refractivity contribution in [2.75, 3.05) is 6.61 Å². The third-order valence-corrected chi connectivity index (χ3v) is 5.34. The molecule has 6 heteroatoms. The van der Waals surface area contributed by atoms with Gasteiger partial charge in [-0.3, -0.25) is 4.79 Å². The van der Waals surface area contributed by atoms with Gasteiger partial charge in [-0.25, -0.2) is 0 Å². The van der Waals surface area contributed by atoms with Gasteiger partial charge in [0.1, 0.15) is 29.6 Å². The van der Waals surface area contributed by atoms with Crippen molar-refractivity contribution in [1.82, 2.24) is 0 Å². The number of rotatable bonds is 5. The van der Waals surface area contributed by atoms with Crippen LogP contribution in [0.2, 0.25) is 0 Å². The van der Waals surface area contributed by atoms with Crippen molar-refractivity contribution in [2.45, 2.75) is 46.1 Å². The average molecular weight is 424 g/mol. The minimum absolute atomic E-state index is 0.0503. The van der Waals surface area contributed by atoms with Crippen LogP contribution in [-0.2, 0) is 18.4 Å². The zero-order valence-electron chi connectivity index (χ0n) is 18.2. The van der Waals surface area contributed by atoms with Crippen molar-refractivity contribution < 1.29 is 30.0 Å². The number of ether oxygens (including phenoxy) is 1. The van der Waals surface area contributed by atoms with Crippen LogP contribution in [0.25, 0.3) is 0 Å². The van der Waals surface area contributed by atoms with Crippen LogP contribution in [0.3, 0.4) is 0 Å². The van der Waals surface area contributed by atoms with Crippen molar-refractivity contribution in [1.29, 1.82) is 0 Å². The van der Waals surface area contributed by atoms with Crippen molar-refractivity contribution in [2.24, 2.45) is 0 Å². The van der Waals surface area contributed by atoms with E-state index in [2.05, 4.69) is 0 Å². The molecule has 31 heavy (non-hydrogen) atoms. The third-order valence-electron chi connectivity index (χ3n) is 5.34. The van der Waals surface area contributed by atoms with Gasteiger partial charge in [0.15, 0.2) is 5.60 Å². The first-order valence-electron chi connectivity index (χ1n) is 10.1. The second-order valence-corrected chi connectivity index (χ2v) is 8.39. The van der Waals surface area contributed by atoms with Gasteiger partial charge >= 0.3 is 0 Å². The van der Waals surface area contributed by atoms with Gasteiger partial charge in [-0.15, -0.1) is 0 Å². The molecule has 0 saturated carbocycles. The molecule has 1 aliphatic rings. The summed E-state index contributed by atoms with van der Waals surface area (Å²) in [6, 6.07) is 5.19. The summed E-state index contributed by atoms with van der Waals surface area (Å²) < 4.78 is 5.82. The van der Waals surface area contributed by atoms with E-state index in [4.69, 9.17) is 4.74 Å². The number of Topliss-reactive ketones (excluding diaryl/α,β-unsaturated/α-hetero) is 1. The van der Waals surface area contributed by atoms with Gasteiger partial charge in [-0.1, -0.05) is 23.3 Å². The Labute approximate surface area is 181 Å². The molecule has 0 fully saturated rings. The predicted molar refractivity (Wildman–Crippen MR) is 118 cm³/mol. The Morgan fingerprint density at radius 2 is 1.68 bits per heavy atom. The van der Waals surface area contributed by atoms with E-state index in [9.17, 15) is 25.2 Å². The summed E-state index contributed by atoms with van der Waals surface area (Å²) in [5.74, 6) is -0.918. The molecule has 1 aliphatic heterocycles. The Bertz CT molecular complexity index is 1090. The summed E-state index contributed by atoms with van der Waals surface area (Å²) >= 11 is 0. The molecular formula is C25H28O6. The van der Waals surface area contributed by atoms with E-state index < -0.39 is 23.7 Å². The number of fused-ring (bicyclic) bond motifs is 1. The zero-order valence-corrected chi connectivity index (χ0v) is 18.2. The second-order valence-electron chi connectivity index (χ2n) is 8.39. The summed E-state index contributed by atoms with van der Waals surface area (Å²) in [7, 11) is 0. The van der Waals surface area contributed by atoms with Gasteiger partial charge < -0.3 is 25.2 Å². The molecule has 0 radical (unpaired) electrons. The molecule has 3 rings (SSSR count). The van der Waals surface area contributed by atoms with Crippen LogP contribution in [0, 0.1) is 0 Å². The van der Waals surface area contributed by atoms with E-state index in [0.717, 1.165) is 17.2 Å². The van der Waals surface area contributed by atoms with Crippen LogP contribution in [0.4, 0.5) is 0 Å². The summed E-state index contributed by atoms with van der Waals surface area (Å²) in [5.41, 5.74) is 1.13. The number of benzene rings is 2. The number of carbonyl (C=O) groups excluding carboxylic acids is 1. The topological polar surface area (TPSA) is 107 Å². The Balaban J connectivity index is 2.18. The molecule has 2 aromatic rings. The highest BCUT2D eigenvalue weighted by Crippen LogP contribution is 2.45. The number of phenols is 3. The zero-order chi connectivity index (χ0) is 22.9. The van der Waals surface area contributed by atoms with Gasteiger partial charge in [-0.05, 0) is 64.3 Å². The first-order chi connectivity index (χ1) is 14.5. The van der Waals surface area contributed by atoms with E-state index in [1.54, 1.807) is 6.07 Å². The first-order valence-corrected chi connectivity index (χ1v) is 10.1. The normalized spacial score (nSPS) is 17.5. The van der Waals surface area contributed by atoms with Gasteiger partial charge in [0, 0.05) is 17.2 Å². The lowest BCUT2D eigenvalue weighted by atomic mass is 9.82. The maximum atomic E-state index is 13.5. The van der Waals surface area contributed by atoms with Crippen LogP contribution >= 0.6 is 0 Å². The van der Waals surface area contributed by atoms with Crippen molar-refractivity contribution >= 4 is 5.78 Å². The van der Waals surface area contributed by atoms with Crippen LogP contribution in [0.1, 0.15) is 54.7 Å². The maximum Gasteiger partial charge on any atom is 0.206 e. The fraction of sp³-hybridized carbons (Fsp3) is 0.320. The highest BCUT2D eigenvalue weighted by molar-refractivity contribution is 6.07. The number of aliphatic hydroxyl groups is 1. The standard InChI is InChI=1S/C25H28O6/c1-14(2)5-7-16-11-19-23(18(22(16)28)9-6-15(3)4)31-13-25(30,24(19)29)20-10-8-17(26)12-21(20)27/h5-6,8,10-12,26-28,30H,7,9,13H2,1-4H3/t25-/m0/s1. The number of aromatic hydroxyl groups is 3. The molecule has 0 saturated heterocycles. The van der Waals surface area contributed by atoms with Crippen LogP contribution in [0.15, 0.2) is 47.6 Å². The Hall–Kier alpha value is -3.25. The smallest absolute Gasteiger partial charge is 0.206 e. The van der Waals surface area contributed by atoms with Gasteiger partial charge in [0.2, 0.25) is 5.78 Å². The van der Waals surface area contributed by atoms with E-state index in [-0.39, 0.29) is 28.4 Å². The molecule has 1 heterocycles. The molecule has 164 valence electrons. The minimum Gasteiger partial charge on any atom is -0.508 e. The Morgan fingerprint density at radius 3 is 2.29 bits per heavy atom. The molecule has 0 amide bonds. The van der Waals surface area contributed by atoms with E-state index in [0.29, 0.717) is 24.0 Å². The van der Waals surface area contributed by atoms with E-state index in [1.807, 2.05) is 39.8 Å². The summed E-state index contributed by atoms with van der Waals surface area (Å²) in [4.78, 5) is 13.5. The molecule has 1 atom stereocenters. The Morgan fingerprint density at radius 1 is 1.03 bits per heavy atom. The van der Waals surface area contributed by atoms with Crippen molar-refractivity contribution in [3.05, 3.63) is 69.8 Å². The number of hydrogen-bond acceptors (Lipinski definition) is 6. The molecular weight excluding hydrogens is 396 g/mol. The van der Waals surface area contributed by atoms with Crippen LogP contribution in [-0.4, -0.2) is 32.8 Å². The molecule has 0 spiro atoms. The number of hydrogen-bond donors (Lipinski definition) is 4. The van der Waals surface area contributed by atoms with Gasteiger partial charge in [0.25, 0.3) is 0 Å². The fourth-order valence-corrected chi connectivity index (χ4v) is 3.61. The largest absolute Gasteiger partial charge is 0.508 e. The highest BCUT2D eigenvalue weighted by Gasteiger charge is 2.47. The van der Waals surface area contributed by atoms with Gasteiger partial charge in [-0.2, -0.15) is 0 Å². The molecule has 6 nitrogen and oxygen atoms in total. The average Bonchev–Trinajstić information content (AvgIpc) is 2.68. The fourth-order valence-electron chi connectivity index (χ4n) is 3.61. The summed E-state index contributed by atoms with van der Waals surface area (Å²) in [6.45, 7) is 7.34. The number of ketones is 1. The van der Waals surface area contributed by atoms with Crippen molar-refractivity contribution in [3.63, 3.8) is 0 Å². The molecule has 0 unspecified atom stereocenters. The van der Waals surface area contributed by atoms with Gasteiger partial charge in [0.05, 0.1) is 5.56 Å². The third kappa shape index (κ3) is 4.30. The van der Waals surface area contributed by atoms with E-state index >= 15 is 0 Å². The summed E-state index contributed by atoms with van der Waals surface area (Å²) in [6.07, 6.45) is 4.66. The van der Waals surface area contributed by atoms with Crippen LogP contribution in [0.5, 0.6) is 23.0 Å². The molecule has 0 aliphatic carbocycles. The van der Waals surface area contributed by atoms with Crippen molar-refractivity contribution in [3.8, 4) is 23.0 Å². The molecule has 2 aromatic carbocycles. The summed E-state index contributed by atoms with van der Waals surface area (Å²) in [5, 5.41) is 41.9. The maximum absolute atomic E-state index is 13.5. The number of phenolic OH excluding ortho intramolecular Hbond substituents is 3. The van der Waals surface area contributed by atoms with Crippen LogP contribution < -0.4 is 4.74 Å². The van der Waals surface area contributed by atoms with E-state index in [1.165, 1.54) is 12.1 Å². The first kappa shape index (κ1) is 22.4. The monoisotopic (exact) mass is 424 g/mol. The quantitative estimate of drug-likeness (QED) is 0.534. The molecule has 4 N–H and O–H groups in total. The molecule has 0 bridgehead atoms. The number of carbonyl (C=O) groups is 1. The Kier molecular flexibility index (Phi) is 6.13. The highest BCUT2D eigenvalue weighted by atomic mass is 16.5. The predicted octanol–water partition coefficient (Wildman–Crippen LogP) is 4.28. The second kappa shape index (κ2) is 8.47.